The van der Waals surface area contributed by atoms with Crippen molar-refractivity contribution >= 4 is 41.7 Å². The minimum absolute atomic E-state index is 0. The number of nitrogens with zero attached hydrogens (tertiary/aromatic N) is 1. The third-order valence-corrected chi connectivity index (χ3v) is 4.70. The van der Waals surface area contributed by atoms with Gasteiger partial charge in [-0.2, -0.15) is 11.8 Å². The zero-order chi connectivity index (χ0) is 17.3. The van der Waals surface area contributed by atoms with Crippen LogP contribution < -0.4 is 20.1 Å². The van der Waals surface area contributed by atoms with E-state index in [4.69, 9.17) is 9.47 Å². The first-order valence-electron chi connectivity index (χ1n) is 7.75. The van der Waals surface area contributed by atoms with Gasteiger partial charge in [-0.25, -0.2) is 0 Å². The predicted molar refractivity (Wildman–Crippen MR) is 115 cm³/mol. The van der Waals surface area contributed by atoms with Crippen molar-refractivity contribution in [3.05, 3.63) is 23.8 Å². The van der Waals surface area contributed by atoms with E-state index < -0.39 is 0 Å². The van der Waals surface area contributed by atoms with Gasteiger partial charge in [0.05, 0.1) is 13.7 Å². The highest BCUT2D eigenvalue weighted by Gasteiger charge is 2.16. The number of hydrogen-bond donors (Lipinski definition) is 2. The molecule has 0 aliphatic heterocycles. The molecule has 0 saturated heterocycles. The van der Waals surface area contributed by atoms with Crippen molar-refractivity contribution in [3.8, 4) is 11.5 Å². The molecule has 0 atom stereocenters. The molecule has 0 aliphatic carbocycles. The average Bonchev–Trinajstić information content (AvgIpc) is 2.56. The summed E-state index contributed by atoms with van der Waals surface area (Å²) in [7, 11) is 3.43. The standard InChI is InChI=1S/C17H29N3O2S.HI/c1-7-22-14-9-8-13(10-15(14)21-5)11-19-16(18-4)20-12-17(2,3)23-6;/h8-10H,7,11-12H2,1-6H3,(H2,18,19,20);1H. The van der Waals surface area contributed by atoms with Gasteiger partial charge in [0.15, 0.2) is 17.5 Å². The Morgan fingerprint density at radius 1 is 1.25 bits per heavy atom. The molecule has 0 aliphatic rings. The molecule has 0 radical (unpaired) electrons. The lowest BCUT2D eigenvalue weighted by atomic mass is 10.2. The predicted octanol–water partition coefficient (Wildman–Crippen LogP) is 3.52. The summed E-state index contributed by atoms with van der Waals surface area (Å²) >= 11 is 1.83. The van der Waals surface area contributed by atoms with Crippen molar-refractivity contribution in [2.45, 2.75) is 32.1 Å². The topological polar surface area (TPSA) is 54.9 Å². The summed E-state index contributed by atoms with van der Waals surface area (Å²) in [4.78, 5) is 4.26. The molecular weight excluding hydrogens is 437 g/mol. The third-order valence-electron chi connectivity index (χ3n) is 3.45. The number of aliphatic imine (C=N–C) groups is 1. The van der Waals surface area contributed by atoms with Gasteiger partial charge in [-0.3, -0.25) is 4.99 Å². The summed E-state index contributed by atoms with van der Waals surface area (Å²) in [6, 6.07) is 5.95. The van der Waals surface area contributed by atoms with Gasteiger partial charge in [0.2, 0.25) is 0 Å². The van der Waals surface area contributed by atoms with Crippen LogP contribution >= 0.6 is 35.7 Å². The largest absolute Gasteiger partial charge is 0.493 e. The molecule has 0 fully saturated rings. The Morgan fingerprint density at radius 2 is 1.96 bits per heavy atom. The molecule has 0 bridgehead atoms. The van der Waals surface area contributed by atoms with E-state index in [1.807, 2.05) is 36.9 Å². The van der Waals surface area contributed by atoms with Crippen LogP contribution in [0, 0.1) is 0 Å². The van der Waals surface area contributed by atoms with Crippen LogP contribution in [0.4, 0.5) is 0 Å². The molecule has 1 rings (SSSR count). The highest BCUT2D eigenvalue weighted by molar-refractivity contribution is 14.0. The van der Waals surface area contributed by atoms with Crippen LogP contribution in [0.1, 0.15) is 26.3 Å². The minimum atomic E-state index is 0. The van der Waals surface area contributed by atoms with Gasteiger partial charge in [-0.1, -0.05) is 6.07 Å². The summed E-state index contributed by atoms with van der Waals surface area (Å²) in [6.07, 6.45) is 2.12. The van der Waals surface area contributed by atoms with Gasteiger partial charge in [0, 0.05) is 24.9 Å². The summed E-state index contributed by atoms with van der Waals surface area (Å²) < 4.78 is 11.1. The second-order valence-corrected chi connectivity index (χ2v) is 7.17. The zero-order valence-electron chi connectivity index (χ0n) is 15.4. The number of rotatable bonds is 8. The van der Waals surface area contributed by atoms with Crippen LogP contribution in [-0.2, 0) is 6.54 Å². The van der Waals surface area contributed by atoms with Crippen molar-refractivity contribution in [2.24, 2.45) is 4.99 Å². The molecule has 1 aromatic rings. The van der Waals surface area contributed by atoms with E-state index in [2.05, 4.69) is 35.7 Å². The van der Waals surface area contributed by atoms with Gasteiger partial charge in [0.1, 0.15) is 0 Å². The quantitative estimate of drug-likeness (QED) is 0.348. The van der Waals surface area contributed by atoms with Crippen molar-refractivity contribution in [1.82, 2.24) is 10.6 Å². The average molecular weight is 467 g/mol. The lowest BCUT2D eigenvalue weighted by Gasteiger charge is -2.23. The number of guanidine groups is 1. The van der Waals surface area contributed by atoms with E-state index in [-0.39, 0.29) is 28.7 Å². The fraction of sp³-hybridized carbons (Fsp3) is 0.588. The first-order chi connectivity index (χ1) is 11.0. The fourth-order valence-corrected chi connectivity index (χ4v) is 2.09. The molecule has 138 valence electrons. The van der Waals surface area contributed by atoms with E-state index >= 15 is 0 Å². The van der Waals surface area contributed by atoms with Crippen molar-refractivity contribution in [3.63, 3.8) is 0 Å². The van der Waals surface area contributed by atoms with E-state index in [0.717, 1.165) is 29.6 Å². The van der Waals surface area contributed by atoms with Crippen LogP contribution in [0.5, 0.6) is 11.5 Å². The summed E-state index contributed by atoms with van der Waals surface area (Å²) in [6.45, 7) is 8.50. The molecule has 0 heterocycles. The molecule has 2 N–H and O–H groups in total. The number of nitrogens with one attached hydrogen (secondary N) is 2. The Bertz CT molecular complexity index is 525. The molecule has 5 nitrogen and oxygen atoms in total. The highest BCUT2D eigenvalue weighted by atomic mass is 127. The Hall–Kier alpha value is -0.830. The first kappa shape index (κ1) is 23.2. The summed E-state index contributed by atoms with van der Waals surface area (Å²) in [5.41, 5.74) is 1.11. The normalized spacial score (nSPS) is 11.5. The van der Waals surface area contributed by atoms with E-state index in [9.17, 15) is 0 Å². The molecule has 0 unspecified atom stereocenters. The molecule has 0 amide bonds. The summed E-state index contributed by atoms with van der Waals surface area (Å²) in [5.74, 6) is 2.31. The fourth-order valence-electron chi connectivity index (χ4n) is 1.87. The molecular formula is C17H30IN3O2S. The van der Waals surface area contributed by atoms with Crippen LogP contribution in [0.15, 0.2) is 23.2 Å². The van der Waals surface area contributed by atoms with Gasteiger partial charge >= 0.3 is 0 Å². The second-order valence-electron chi connectivity index (χ2n) is 5.66. The first-order valence-corrected chi connectivity index (χ1v) is 8.97. The number of hydrogen-bond acceptors (Lipinski definition) is 4. The van der Waals surface area contributed by atoms with E-state index in [0.29, 0.717) is 13.2 Å². The maximum Gasteiger partial charge on any atom is 0.191 e. The van der Waals surface area contributed by atoms with Gasteiger partial charge in [-0.05, 0) is 44.7 Å². The second kappa shape index (κ2) is 11.7. The number of methoxy groups -OCH3 is 1. The SMILES string of the molecule is CCOc1ccc(CNC(=NC)NCC(C)(C)SC)cc1OC.I. The van der Waals surface area contributed by atoms with Crippen LogP contribution in [0.2, 0.25) is 0 Å². The van der Waals surface area contributed by atoms with E-state index in [1.165, 1.54) is 0 Å². The maximum absolute atomic E-state index is 5.53. The smallest absolute Gasteiger partial charge is 0.191 e. The Labute approximate surface area is 167 Å². The number of ether oxygens (including phenoxy) is 2. The number of benzene rings is 1. The Balaban J connectivity index is 0.00000529. The number of thioether (sulfide) groups is 1. The van der Waals surface area contributed by atoms with Crippen LogP contribution in [-0.4, -0.2) is 44.3 Å². The highest BCUT2D eigenvalue weighted by Crippen LogP contribution is 2.27. The summed E-state index contributed by atoms with van der Waals surface area (Å²) in [5, 5.41) is 6.67. The molecule has 24 heavy (non-hydrogen) atoms. The molecule has 0 saturated carbocycles. The molecule has 7 heteroatoms. The molecule has 0 spiro atoms. The van der Waals surface area contributed by atoms with Gasteiger partial charge < -0.3 is 20.1 Å². The van der Waals surface area contributed by atoms with Crippen molar-refractivity contribution in [1.29, 1.82) is 0 Å². The minimum Gasteiger partial charge on any atom is -0.493 e. The van der Waals surface area contributed by atoms with Crippen LogP contribution in [0.3, 0.4) is 0 Å². The molecule has 0 aromatic heterocycles. The Kier molecular flexibility index (Phi) is 11.3. The monoisotopic (exact) mass is 467 g/mol. The lowest BCUT2D eigenvalue weighted by molar-refractivity contribution is 0.310. The number of halogens is 1. The van der Waals surface area contributed by atoms with Gasteiger partial charge in [-0.15, -0.1) is 24.0 Å². The Morgan fingerprint density at radius 3 is 2.50 bits per heavy atom. The van der Waals surface area contributed by atoms with Gasteiger partial charge in [0.25, 0.3) is 0 Å². The third kappa shape index (κ3) is 7.83. The van der Waals surface area contributed by atoms with Crippen molar-refractivity contribution in [2.75, 3.05) is 33.6 Å². The van der Waals surface area contributed by atoms with E-state index in [1.54, 1.807) is 14.2 Å². The lowest BCUT2D eigenvalue weighted by Crippen LogP contribution is -2.42. The zero-order valence-corrected chi connectivity index (χ0v) is 18.6. The van der Waals surface area contributed by atoms with Crippen molar-refractivity contribution < 1.29 is 9.47 Å². The maximum atomic E-state index is 5.53. The van der Waals surface area contributed by atoms with Crippen LogP contribution in [0.25, 0.3) is 0 Å². The molecule has 1 aromatic carbocycles.